The van der Waals surface area contributed by atoms with Gasteiger partial charge in [-0.05, 0) is 55.8 Å². The quantitative estimate of drug-likeness (QED) is 0.548. The van der Waals surface area contributed by atoms with Crippen molar-refractivity contribution in [3.8, 4) is 0 Å². The zero-order chi connectivity index (χ0) is 13.3. The highest BCUT2D eigenvalue weighted by atomic mass is 16.5. The van der Waals surface area contributed by atoms with Crippen LogP contribution < -0.4 is 0 Å². The van der Waals surface area contributed by atoms with Gasteiger partial charge in [0.25, 0.3) is 0 Å². The number of allylic oxidation sites excluding steroid dienone is 1. The molecule has 2 heteroatoms. The van der Waals surface area contributed by atoms with E-state index < -0.39 is 0 Å². The molecule has 0 N–H and O–H groups in total. The fourth-order valence-corrected chi connectivity index (χ4v) is 4.08. The van der Waals surface area contributed by atoms with Crippen LogP contribution >= 0.6 is 0 Å². The molecule has 0 bridgehead atoms. The second kappa shape index (κ2) is 5.07. The molecule has 18 heavy (non-hydrogen) atoms. The molecule has 4 atom stereocenters. The average Bonchev–Trinajstić information content (AvgIpc) is 2.36. The molecular weight excluding hydrogens is 224 g/mol. The maximum Gasteiger partial charge on any atom is 0.308 e. The molecule has 2 saturated carbocycles. The third-order valence-corrected chi connectivity index (χ3v) is 5.48. The van der Waals surface area contributed by atoms with Gasteiger partial charge in [0.1, 0.15) is 0 Å². The Hall–Kier alpha value is -0.790. The number of esters is 1. The molecule has 0 aliphatic heterocycles. The third kappa shape index (κ3) is 2.34. The van der Waals surface area contributed by atoms with E-state index in [1.54, 1.807) is 0 Å². The van der Waals surface area contributed by atoms with Crippen molar-refractivity contribution in [2.45, 2.75) is 52.4 Å². The van der Waals surface area contributed by atoms with Gasteiger partial charge in [0.15, 0.2) is 0 Å². The highest BCUT2D eigenvalue weighted by molar-refractivity contribution is 5.72. The maximum atomic E-state index is 11.7. The topological polar surface area (TPSA) is 26.3 Å². The first kappa shape index (κ1) is 13.6. The summed E-state index contributed by atoms with van der Waals surface area (Å²) in [5, 5.41) is 0. The van der Waals surface area contributed by atoms with E-state index in [-0.39, 0.29) is 11.9 Å². The third-order valence-electron chi connectivity index (χ3n) is 5.48. The molecule has 0 aromatic carbocycles. The van der Waals surface area contributed by atoms with E-state index in [4.69, 9.17) is 4.74 Å². The van der Waals surface area contributed by atoms with Crippen molar-refractivity contribution in [1.29, 1.82) is 0 Å². The first-order chi connectivity index (χ1) is 8.48. The Bertz CT molecular complexity index is 347. The highest BCUT2D eigenvalue weighted by Crippen LogP contribution is 2.54. The van der Waals surface area contributed by atoms with Gasteiger partial charge in [0.2, 0.25) is 0 Å². The van der Waals surface area contributed by atoms with Crippen LogP contribution in [-0.4, -0.2) is 13.1 Å². The molecule has 0 radical (unpaired) electrons. The van der Waals surface area contributed by atoms with Crippen LogP contribution in [0.15, 0.2) is 12.2 Å². The van der Waals surface area contributed by atoms with Crippen LogP contribution in [0.2, 0.25) is 0 Å². The molecule has 0 amide bonds. The fraction of sp³-hybridized carbons (Fsp3) is 0.812. The molecule has 0 aromatic rings. The van der Waals surface area contributed by atoms with Crippen LogP contribution in [0.25, 0.3) is 0 Å². The van der Waals surface area contributed by atoms with Crippen LogP contribution in [-0.2, 0) is 9.53 Å². The number of fused-ring (bicyclic) bond motifs is 1. The summed E-state index contributed by atoms with van der Waals surface area (Å²) < 4.78 is 4.89. The SMILES string of the molecule is C=C1CCCC2(C)CCC(C(C)C(=O)OC)CC12. The van der Waals surface area contributed by atoms with Gasteiger partial charge in [-0.1, -0.05) is 26.0 Å². The van der Waals surface area contributed by atoms with Gasteiger partial charge < -0.3 is 4.74 Å². The number of ether oxygens (including phenoxy) is 1. The van der Waals surface area contributed by atoms with Crippen molar-refractivity contribution in [3.05, 3.63) is 12.2 Å². The molecular formula is C16H26O2. The van der Waals surface area contributed by atoms with E-state index in [0.29, 0.717) is 17.3 Å². The average molecular weight is 250 g/mol. The van der Waals surface area contributed by atoms with Gasteiger partial charge in [0, 0.05) is 0 Å². The lowest BCUT2D eigenvalue weighted by Gasteiger charge is -2.49. The van der Waals surface area contributed by atoms with Gasteiger partial charge in [-0.2, -0.15) is 0 Å². The largest absolute Gasteiger partial charge is 0.469 e. The predicted molar refractivity (Wildman–Crippen MR) is 73.1 cm³/mol. The fourth-order valence-electron chi connectivity index (χ4n) is 4.08. The van der Waals surface area contributed by atoms with Crippen LogP contribution in [0.3, 0.4) is 0 Å². The van der Waals surface area contributed by atoms with Gasteiger partial charge in [-0.25, -0.2) is 0 Å². The normalized spacial score (nSPS) is 37.8. The smallest absolute Gasteiger partial charge is 0.308 e. The Morgan fingerprint density at radius 2 is 2.22 bits per heavy atom. The summed E-state index contributed by atoms with van der Waals surface area (Å²) in [6, 6.07) is 0. The van der Waals surface area contributed by atoms with E-state index >= 15 is 0 Å². The van der Waals surface area contributed by atoms with E-state index in [1.165, 1.54) is 38.4 Å². The molecule has 0 heterocycles. The molecule has 0 spiro atoms. The Morgan fingerprint density at radius 3 is 2.89 bits per heavy atom. The zero-order valence-corrected chi connectivity index (χ0v) is 12.0. The van der Waals surface area contributed by atoms with E-state index in [9.17, 15) is 4.79 Å². The molecule has 2 nitrogen and oxygen atoms in total. The Labute approximate surface area is 111 Å². The monoisotopic (exact) mass is 250 g/mol. The molecule has 2 aliphatic rings. The summed E-state index contributed by atoms with van der Waals surface area (Å²) in [4.78, 5) is 11.7. The lowest BCUT2D eigenvalue weighted by molar-refractivity contribution is -0.148. The minimum absolute atomic E-state index is 0.0364. The number of carbonyl (C=O) groups excluding carboxylic acids is 1. The van der Waals surface area contributed by atoms with Crippen molar-refractivity contribution in [3.63, 3.8) is 0 Å². The van der Waals surface area contributed by atoms with Crippen molar-refractivity contribution in [1.82, 2.24) is 0 Å². The van der Waals surface area contributed by atoms with Gasteiger partial charge in [-0.3, -0.25) is 4.79 Å². The number of hydrogen-bond acceptors (Lipinski definition) is 2. The van der Waals surface area contributed by atoms with E-state index in [0.717, 1.165) is 12.8 Å². The lowest BCUT2D eigenvalue weighted by Crippen LogP contribution is -2.40. The number of rotatable bonds is 2. The lowest BCUT2D eigenvalue weighted by atomic mass is 9.56. The first-order valence-corrected chi connectivity index (χ1v) is 7.23. The molecule has 2 aliphatic carbocycles. The van der Waals surface area contributed by atoms with Crippen LogP contribution in [0.5, 0.6) is 0 Å². The summed E-state index contributed by atoms with van der Waals surface area (Å²) in [5.74, 6) is 1.08. The minimum Gasteiger partial charge on any atom is -0.469 e. The van der Waals surface area contributed by atoms with Gasteiger partial charge >= 0.3 is 5.97 Å². The summed E-state index contributed by atoms with van der Waals surface area (Å²) in [5.41, 5.74) is 1.87. The van der Waals surface area contributed by atoms with E-state index in [1.807, 2.05) is 6.92 Å². The molecule has 2 rings (SSSR count). The number of hydrogen-bond donors (Lipinski definition) is 0. The summed E-state index contributed by atoms with van der Waals surface area (Å²) >= 11 is 0. The van der Waals surface area contributed by atoms with Gasteiger partial charge in [-0.15, -0.1) is 0 Å². The van der Waals surface area contributed by atoms with Gasteiger partial charge in [0.05, 0.1) is 13.0 Å². The van der Waals surface area contributed by atoms with E-state index in [2.05, 4.69) is 13.5 Å². The maximum absolute atomic E-state index is 11.7. The predicted octanol–water partition coefficient (Wildman–Crippen LogP) is 3.96. The second-order valence-corrected chi connectivity index (χ2v) is 6.56. The summed E-state index contributed by atoms with van der Waals surface area (Å²) in [6.07, 6.45) is 7.34. The van der Waals surface area contributed by atoms with Crippen LogP contribution in [0.4, 0.5) is 0 Å². The van der Waals surface area contributed by atoms with Crippen LogP contribution in [0, 0.1) is 23.2 Å². The van der Waals surface area contributed by atoms with Crippen molar-refractivity contribution >= 4 is 5.97 Å². The molecule has 102 valence electrons. The first-order valence-electron chi connectivity index (χ1n) is 7.23. The molecule has 4 unspecified atom stereocenters. The molecule has 0 saturated heterocycles. The molecule has 2 fully saturated rings. The van der Waals surface area contributed by atoms with Crippen molar-refractivity contribution in [2.24, 2.45) is 23.2 Å². The summed E-state index contributed by atoms with van der Waals surface area (Å²) in [6.45, 7) is 8.72. The Kier molecular flexibility index (Phi) is 3.84. The Balaban J connectivity index is 2.08. The second-order valence-electron chi connectivity index (χ2n) is 6.56. The van der Waals surface area contributed by atoms with Crippen molar-refractivity contribution in [2.75, 3.05) is 7.11 Å². The Morgan fingerprint density at radius 1 is 1.50 bits per heavy atom. The minimum atomic E-state index is -0.0509. The van der Waals surface area contributed by atoms with Crippen molar-refractivity contribution < 1.29 is 9.53 Å². The van der Waals surface area contributed by atoms with Crippen LogP contribution in [0.1, 0.15) is 52.4 Å². The molecule has 0 aromatic heterocycles. The zero-order valence-electron chi connectivity index (χ0n) is 12.0. The summed E-state index contributed by atoms with van der Waals surface area (Å²) in [7, 11) is 1.49. The number of methoxy groups -OCH3 is 1. The number of carbonyl (C=O) groups is 1. The highest BCUT2D eigenvalue weighted by Gasteiger charge is 2.44. The standard InChI is InChI=1S/C16H26O2/c1-11-6-5-8-16(3)9-7-13(10-14(11)16)12(2)15(17)18-4/h12-14H,1,5-10H2,2-4H3.